The second-order valence-corrected chi connectivity index (χ2v) is 7.13. The minimum atomic E-state index is -0.847. The third-order valence-electron chi connectivity index (χ3n) is 4.51. The first kappa shape index (κ1) is 17.0. The number of aryl methyl sites for hydroxylation is 1. The Labute approximate surface area is 147 Å². The number of benzene rings is 1. The van der Waals surface area contributed by atoms with Crippen LogP contribution >= 0.6 is 11.3 Å². The summed E-state index contributed by atoms with van der Waals surface area (Å²) in [5.41, 5.74) is 2.70. The van der Waals surface area contributed by atoms with Crippen LogP contribution in [0.25, 0.3) is 0 Å². The van der Waals surface area contributed by atoms with E-state index in [4.69, 9.17) is 4.99 Å². The topological polar surface area (TPSA) is 47.9 Å². The molecule has 0 spiro atoms. The number of hydrogen-bond acceptors (Lipinski definition) is 3. The van der Waals surface area contributed by atoms with Gasteiger partial charge in [0.25, 0.3) is 0 Å². The van der Waals surface area contributed by atoms with Gasteiger partial charge >= 0.3 is 0 Å². The van der Waals surface area contributed by atoms with E-state index in [0.29, 0.717) is 6.54 Å². The second kappa shape index (κ2) is 7.36. The molecule has 0 amide bonds. The van der Waals surface area contributed by atoms with Crippen LogP contribution in [-0.2, 0) is 18.6 Å². The first-order valence-corrected chi connectivity index (χ1v) is 9.38. The molecule has 1 aromatic carbocycles. The van der Waals surface area contributed by atoms with E-state index in [1.807, 2.05) is 25.2 Å². The van der Waals surface area contributed by atoms with E-state index in [2.05, 4.69) is 40.0 Å². The molecule has 0 saturated carbocycles. The molecule has 4 nitrogen and oxygen atoms in total. The van der Waals surface area contributed by atoms with Crippen LogP contribution in [0.15, 0.2) is 46.1 Å². The van der Waals surface area contributed by atoms with Crippen LogP contribution in [-0.4, -0.2) is 36.1 Å². The van der Waals surface area contributed by atoms with Gasteiger partial charge in [0.15, 0.2) is 5.96 Å². The summed E-state index contributed by atoms with van der Waals surface area (Å²) in [5, 5.41) is 18.6. The summed E-state index contributed by atoms with van der Waals surface area (Å²) in [6.07, 6.45) is 1.66. The summed E-state index contributed by atoms with van der Waals surface area (Å²) >= 11 is 1.71. The zero-order valence-electron chi connectivity index (χ0n) is 14.3. The first-order chi connectivity index (χ1) is 11.6. The van der Waals surface area contributed by atoms with Crippen LogP contribution in [0, 0.1) is 0 Å². The Hall–Kier alpha value is -1.85. The van der Waals surface area contributed by atoms with Gasteiger partial charge in [-0.25, -0.2) is 4.99 Å². The Morgan fingerprint density at radius 2 is 2.21 bits per heavy atom. The smallest absolute Gasteiger partial charge is 0.194 e. The number of thiophene rings is 1. The summed E-state index contributed by atoms with van der Waals surface area (Å²) in [6, 6.07) is 10.3. The molecule has 3 rings (SSSR count). The molecule has 0 fully saturated rings. The minimum absolute atomic E-state index is 0.389. The van der Waals surface area contributed by atoms with Crippen molar-refractivity contribution in [2.75, 3.05) is 20.1 Å². The number of nitrogens with one attached hydrogen (secondary N) is 1. The number of fused-ring (bicyclic) bond motifs is 1. The maximum absolute atomic E-state index is 11.0. The number of hydrogen-bond donors (Lipinski definition) is 2. The molecule has 1 aliphatic carbocycles. The molecule has 1 atom stereocenters. The first-order valence-electron chi connectivity index (χ1n) is 8.43. The van der Waals surface area contributed by atoms with E-state index >= 15 is 0 Å². The van der Waals surface area contributed by atoms with Gasteiger partial charge in [-0.2, -0.15) is 11.3 Å². The highest BCUT2D eigenvalue weighted by Gasteiger charge is 2.36. The van der Waals surface area contributed by atoms with Gasteiger partial charge in [-0.15, -0.1) is 0 Å². The van der Waals surface area contributed by atoms with Crippen LogP contribution < -0.4 is 5.32 Å². The maximum Gasteiger partial charge on any atom is 0.194 e. The predicted octanol–water partition coefficient (Wildman–Crippen LogP) is 2.98. The fourth-order valence-electron chi connectivity index (χ4n) is 3.24. The quantitative estimate of drug-likeness (QED) is 0.648. The number of aliphatic hydroxyl groups is 1. The fourth-order valence-corrected chi connectivity index (χ4v) is 3.90. The number of guanidine groups is 1. The van der Waals surface area contributed by atoms with Crippen molar-refractivity contribution in [1.82, 2.24) is 10.2 Å². The van der Waals surface area contributed by atoms with Gasteiger partial charge in [0.1, 0.15) is 5.60 Å². The Kier molecular flexibility index (Phi) is 5.21. The monoisotopic (exact) mass is 343 g/mol. The Bertz CT molecular complexity index is 698. The minimum Gasteiger partial charge on any atom is -0.383 e. The van der Waals surface area contributed by atoms with E-state index in [0.717, 1.165) is 37.5 Å². The lowest BCUT2D eigenvalue weighted by molar-refractivity contribution is 0.0483. The number of nitrogens with zero attached hydrogens (tertiary/aromatic N) is 2. The molecule has 1 unspecified atom stereocenters. The van der Waals surface area contributed by atoms with E-state index in [9.17, 15) is 5.11 Å². The average Bonchev–Trinajstić information content (AvgIpc) is 3.21. The third kappa shape index (κ3) is 3.62. The molecule has 5 heteroatoms. The van der Waals surface area contributed by atoms with Crippen molar-refractivity contribution in [3.8, 4) is 0 Å². The summed E-state index contributed by atoms with van der Waals surface area (Å²) < 4.78 is 0. The van der Waals surface area contributed by atoms with Gasteiger partial charge in [0.2, 0.25) is 0 Å². The fraction of sp³-hybridized carbons (Fsp3) is 0.421. The normalized spacial score (nSPS) is 20.0. The van der Waals surface area contributed by atoms with Gasteiger partial charge in [0.05, 0.1) is 6.54 Å². The summed E-state index contributed by atoms with van der Waals surface area (Å²) in [5.74, 6) is 0.835. The lowest BCUT2D eigenvalue weighted by Gasteiger charge is -2.25. The van der Waals surface area contributed by atoms with Crippen LogP contribution in [0.3, 0.4) is 0 Å². The molecule has 1 heterocycles. The third-order valence-corrected chi connectivity index (χ3v) is 5.25. The lowest BCUT2D eigenvalue weighted by atomic mass is 9.96. The van der Waals surface area contributed by atoms with Crippen molar-refractivity contribution in [3.63, 3.8) is 0 Å². The number of aliphatic imine (C=N–C) groups is 1. The van der Waals surface area contributed by atoms with E-state index < -0.39 is 5.60 Å². The molecular formula is C19H25N3OS. The van der Waals surface area contributed by atoms with E-state index in [-0.39, 0.29) is 0 Å². The molecule has 0 saturated heterocycles. The molecule has 0 radical (unpaired) electrons. The highest BCUT2D eigenvalue weighted by atomic mass is 32.1. The van der Waals surface area contributed by atoms with Crippen LogP contribution in [0.2, 0.25) is 0 Å². The SMILES string of the molecule is CCNC(=NCC1(O)CCc2ccccc21)N(C)Cc1ccsc1. The lowest BCUT2D eigenvalue weighted by Crippen LogP contribution is -2.40. The maximum atomic E-state index is 11.0. The summed E-state index contributed by atoms with van der Waals surface area (Å²) in [4.78, 5) is 6.84. The molecule has 128 valence electrons. The standard InChI is InChI=1S/C19H25N3OS/c1-3-20-18(22(2)12-15-9-11-24-13-15)21-14-19(23)10-8-16-6-4-5-7-17(16)19/h4-7,9,11,13,23H,3,8,10,12,14H2,1-2H3,(H,20,21). The van der Waals surface area contributed by atoms with Crippen molar-refractivity contribution in [2.45, 2.75) is 31.9 Å². The van der Waals surface area contributed by atoms with Crippen molar-refractivity contribution >= 4 is 17.3 Å². The van der Waals surface area contributed by atoms with Crippen LogP contribution in [0.4, 0.5) is 0 Å². The van der Waals surface area contributed by atoms with Gasteiger partial charge in [-0.1, -0.05) is 24.3 Å². The molecule has 2 aromatic rings. The zero-order valence-corrected chi connectivity index (χ0v) is 15.1. The van der Waals surface area contributed by atoms with Crippen molar-refractivity contribution in [2.24, 2.45) is 4.99 Å². The molecular weight excluding hydrogens is 318 g/mol. The van der Waals surface area contributed by atoms with E-state index in [1.165, 1.54) is 11.1 Å². The van der Waals surface area contributed by atoms with Crippen molar-refractivity contribution in [1.29, 1.82) is 0 Å². The molecule has 1 aromatic heterocycles. The Morgan fingerprint density at radius 3 is 2.96 bits per heavy atom. The highest BCUT2D eigenvalue weighted by Crippen LogP contribution is 2.36. The van der Waals surface area contributed by atoms with Gasteiger partial charge in [-0.3, -0.25) is 0 Å². The van der Waals surface area contributed by atoms with Crippen molar-refractivity contribution < 1.29 is 5.11 Å². The van der Waals surface area contributed by atoms with Crippen LogP contribution in [0.1, 0.15) is 30.0 Å². The largest absolute Gasteiger partial charge is 0.383 e. The molecule has 2 N–H and O–H groups in total. The van der Waals surface area contributed by atoms with Crippen molar-refractivity contribution in [3.05, 3.63) is 57.8 Å². The highest BCUT2D eigenvalue weighted by molar-refractivity contribution is 7.07. The number of rotatable bonds is 5. The molecule has 1 aliphatic rings. The van der Waals surface area contributed by atoms with Gasteiger partial charge in [-0.05, 0) is 53.3 Å². The van der Waals surface area contributed by atoms with E-state index in [1.54, 1.807) is 11.3 Å². The predicted molar refractivity (Wildman–Crippen MR) is 100 cm³/mol. The van der Waals surface area contributed by atoms with Gasteiger partial charge < -0.3 is 15.3 Å². The average molecular weight is 343 g/mol. The molecule has 0 aliphatic heterocycles. The summed E-state index contributed by atoms with van der Waals surface area (Å²) in [7, 11) is 2.03. The second-order valence-electron chi connectivity index (χ2n) is 6.35. The Morgan fingerprint density at radius 1 is 1.38 bits per heavy atom. The zero-order chi connectivity index (χ0) is 17.0. The van der Waals surface area contributed by atoms with Crippen LogP contribution in [0.5, 0.6) is 0 Å². The summed E-state index contributed by atoms with van der Waals surface area (Å²) in [6.45, 7) is 4.07. The molecule has 0 bridgehead atoms. The Balaban J connectivity index is 1.74. The molecule has 24 heavy (non-hydrogen) atoms. The van der Waals surface area contributed by atoms with Gasteiger partial charge in [0, 0.05) is 20.1 Å².